The Morgan fingerprint density at radius 1 is 1.00 bits per heavy atom. The molecule has 0 heterocycles. The van der Waals surface area contributed by atoms with Gasteiger partial charge in [-0.05, 0) is 40.8 Å². The molecule has 1 aromatic rings. The van der Waals surface area contributed by atoms with Crippen molar-refractivity contribution in [3.05, 3.63) is 32.9 Å². The quantitative estimate of drug-likeness (QED) is 0.790. The van der Waals surface area contributed by atoms with Gasteiger partial charge in [-0.15, -0.1) is 0 Å². The monoisotopic (exact) mass is 310 g/mol. The number of halogens is 1. The molecule has 1 aromatic carbocycles. The van der Waals surface area contributed by atoms with E-state index in [1.807, 2.05) is 22.6 Å². The Hall–Kier alpha value is -1.15. The zero-order valence-electron chi connectivity index (χ0n) is 6.82. The highest BCUT2D eigenvalue weighted by Crippen LogP contribution is 2.12. The molecular weight excluding hydrogens is 303 g/mol. The summed E-state index contributed by atoms with van der Waals surface area (Å²) in [5, 5.41) is 17.2. The van der Waals surface area contributed by atoms with Crippen LogP contribution in [0.1, 0.15) is 20.7 Å². The molecule has 0 bridgehead atoms. The second-order valence-corrected chi connectivity index (χ2v) is 3.58. The van der Waals surface area contributed by atoms with Gasteiger partial charge >= 0.3 is 11.9 Å². The third kappa shape index (κ3) is 2.96. The molecular formula is C8H7IO5. The van der Waals surface area contributed by atoms with Crippen molar-refractivity contribution in [1.29, 1.82) is 0 Å². The summed E-state index contributed by atoms with van der Waals surface area (Å²) in [5.74, 6) is -2.25. The van der Waals surface area contributed by atoms with Crippen molar-refractivity contribution in [2.24, 2.45) is 0 Å². The topological polar surface area (TPSA) is 106 Å². The molecule has 0 saturated heterocycles. The summed E-state index contributed by atoms with van der Waals surface area (Å²) in [6.07, 6.45) is 0. The highest BCUT2D eigenvalue weighted by Gasteiger charge is 2.09. The fraction of sp³-hybridized carbons (Fsp3) is 0. The van der Waals surface area contributed by atoms with Crippen LogP contribution in [0, 0.1) is 3.57 Å². The molecule has 76 valence electrons. The molecule has 0 amide bonds. The van der Waals surface area contributed by atoms with Gasteiger partial charge in [0.25, 0.3) is 0 Å². The lowest BCUT2D eigenvalue weighted by atomic mass is 10.1. The molecule has 1 rings (SSSR count). The first kappa shape index (κ1) is 12.8. The average molecular weight is 310 g/mol. The molecule has 0 fully saturated rings. The van der Waals surface area contributed by atoms with Crippen LogP contribution in [0.2, 0.25) is 0 Å². The SMILES string of the molecule is O.O=C(O)c1cc(I)cc(C(=O)O)c1. The van der Waals surface area contributed by atoms with Crippen LogP contribution in [0.3, 0.4) is 0 Å². The number of aromatic carboxylic acids is 2. The van der Waals surface area contributed by atoms with Crippen molar-refractivity contribution in [1.82, 2.24) is 0 Å². The zero-order valence-corrected chi connectivity index (χ0v) is 8.98. The van der Waals surface area contributed by atoms with Crippen molar-refractivity contribution in [3.63, 3.8) is 0 Å². The smallest absolute Gasteiger partial charge is 0.335 e. The van der Waals surface area contributed by atoms with Crippen LogP contribution < -0.4 is 0 Å². The summed E-state index contributed by atoms with van der Waals surface area (Å²) in [7, 11) is 0. The van der Waals surface area contributed by atoms with Gasteiger partial charge in [-0.1, -0.05) is 0 Å². The minimum absolute atomic E-state index is 0. The van der Waals surface area contributed by atoms with E-state index in [0.717, 1.165) is 6.07 Å². The first-order valence-electron chi connectivity index (χ1n) is 3.28. The second-order valence-electron chi connectivity index (χ2n) is 2.34. The van der Waals surface area contributed by atoms with Gasteiger partial charge in [0.2, 0.25) is 0 Å². The highest BCUT2D eigenvalue weighted by atomic mass is 127. The summed E-state index contributed by atoms with van der Waals surface area (Å²) in [6, 6.07) is 3.96. The van der Waals surface area contributed by atoms with Gasteiger partial charge in [-0.25, -0.2) is 9.59 Å². The van der Waals surface area contributed by atoms with Crippen LogP contribution in [0.5, 0.6) is 0 Å². The van der Waals surface area contributed by atoms with Crippen LogP contribution in [-0.4, -0.2) is 27.6 Å². The van der Waals surface area contributed by atoms with Crippen molar-refractivity contribution in [2.45, 2.75) is 0 Å². The van der Waals surface area contributed by atoms with Crippen LogP contribution in [0.25, 0.3) is 0 Å². The third-order valence-corrected chi connectivity index (χ3v) is 2.01. The van der Waals surface area contributed by atoms with E-state index in [-0.39, 0.29) is 16.6 Å². The number of hydrogen-bond acceptors (Lipinski definition) is 2. The molecule has 4 N–H and O–H groups in total. The van der Waals surface area contributed by atoms with E-state index in [9.17, 15) is 9.59 Å². The van der Waals surface area contributed by atoms with Crippen molar-refractivity contribution >= 4 is 34.5 Å². The normalized spacial score (nSPS) is 8.93. The van der Waals surface area contributed by atoms with E-state index in [4.69, 9.17) is 10.2 Å². The minimum Gasteiger partial charge on any atom is -0.478 e. The molecule has 0 atom stereocenters. The van der Waals surface area contributed by atoms with Gasteiger partial charge in [0.05, 0.1) is 11.1 Å². The van der Waals surface area contributed by atoms with E-state index in [1.165, 1.54) is 12.1 Å². The number of rotatable bonds is 2. The standard InChI is InChI=1S/C8H5IO4.H2O/c9-6-2-4(7(10)11)1-5(3-6)8(12)13;/h1-3H,(H,10,11)(H,12,13);1H2. The summed E-state index contributed by atoms with van der Waals surface area (Å²) >= 11 is 1.87. The maximum Gasteiger partial charge on any atom is 0.335 e. The largest absolute Gasteiger partial charge is 0.478 e. The summed E-state index contributed by atoms with van der Waals surface area (Å²) in [4.78, 5) is 21.1. The molecule has 0 radical (unpaired) electrons. The fourth-order valence-electron chi connectivity index (χ4n) is 0.837. The van der Waals surface area contributed by atoms with Crippen LogP contribution >= 0.6 is 22.6 Å². The van der Waals surface area contributed by atoms with E-state index < -0.39 is 11.9 Å². The molecule has 0 aliphatic carbocycles. The van der Waals surface area contributed by atoms with E-state index >= 15 is 0 Å². The van der Waals surface area contributed by atoms with Gasteiger partial charge in [0.15, 0.2) is 0 Å². The molecule has 0 aliphatic heterocycles. The first-order valence-corrected chi connectivity index (χ1v) is 4.36. The number of carboxylic acid groups (broad SMARTS) is 2. The Morgan fingerprint density at radius 3 is 1.64 bits per heavy atom. The maximum atomic E-state index is 10.5. The number of benzene rings is 1. The Bertz CT molecular complexity index is 342. The predicted molar refractivity (Wildman–Crippen MR) is 56.7 cm³/mol. The lowest BCUT2D eigenvalue weighted by molar-refractivity contribution is 0.0696. The zero-order chi connectivity index (χ0) is 10.0. The molecule has 0 spiro atoms. The van der Waals surface area contributed by atoms with Crippen molar-refractivity contribution in [2.75, 3.05) is 0 Å². The molecule has 6 heteroatoms. The first-order chi connectivity index (χ1) is 6.00. The second kappa shape index (κ2) is 4.91. The Balaban J connectivity index is 0.00000169. The van der Waals surface area contributed by atoms with Gasteiger partial charge in [-0.3, -0.25) is 0 Å². The number of carbonyl (C=O) groups is 2. The number of hydrogen-bond donors (Lipinski definition) is 2. The molecule has 0 saturated carbocycles. The third-order valence-electron chi connectivity index (χ3n) is 1.39. The van der Waals surface area contributed by atoms with E-state index in [0.29, 0.717) is 3.57 Å². The molecule has 14 heavy (non-hydrogen) atoms. The maximum absolute atomic E-state index is 10.5. The van der Waals surface area contributed by atoms with E-state index in [2.05, 4.69) is 0 Å². The number of carboxylic acids is 2. The van der Waals surface area contributed by atoms with Crippen LogP contribution in [0.4, 0.5) is 0 Å². The van der Waals surface area contributed by atoms with Gasteiger partial charge in [0.1, 0.15) is 0 Å². The molecule has 0 aromatic heterocycles. The molecule has 5 nitrogen and oxygen atoms in total. The highest BCUT2D eigenvalue weighted by molar-refractivity contribution is 14.1. The Labute approximate surface area is 92.8 Å². The Kier molecular flexibility index (Phi) is 4.51. The van der Waals surface area contributed by atoms with Crippen LogP contribution in [-0.2, 0) is 0 Å². The van der Waals surface area contributed by atoms with E-state index in [1.54, 1.807) is 0 Å². The van der Waals surface area contributed by atoms with Crippen molar-refractivity contribution in [3.8, 4) is 0 Å². The minimum atomic E-state index is -1.12. The summed E-state index contributed by atoms with van der Waals surface area (Å²) in [6.45, 7) is 0. The summed E-state index contributed by atoms with van der Waals surface area (Å²) in [5.41, 5.74) is -0.0198. The lowest BCUT2D eigenvalue weighted by Gasteiger charge is -1.98. The molecule has 0 unspecified atom stereocenters. The van der Waals surface area contributed by atoms with Gasteiger partial charge < -0.3 is 15.7 Å². The van der Waals surface area contributed by atoms with Gasteiger partial charge in [-0.2, -0.15) is 0 Å². The van der Waals surface area contributed by atoms with Crippen LogP contribution in [0.15, 0.2) is 18.2 Å². The Morgan fingerprint density at radius 2 is 1.36 bits per heavy atom. The summed E-state index contributed by atoms with van der Waals surface area (Å²) < 4.78 is 0.593. The van der Waals surface area contributed by atoms with Gasteiger partial charge in [0, 0.05) is 3.57 Å². The average Bonchev–Trinajstić information content (AvgIpc) is 2.03. The molecule has 0 aliphatic rings. The fourth-order valence-corrected chi connectivity index (χ4v) is 1.51. The van der Waals surface area contributed by atoms with Crippen molar-refractivity contribution < 1.29 is 25.3 Å². The predicted octanol–water partition coefficient (Wildman–Crippen LogP) is 0.863. The lowest BCUT2D eigenvalue weighted by Crippen LogP contribution is -2.02.